The van der Waals surface area contributed by atoms with Crippen LogP contribution in [0.3, 0.4) is 0 Å². The summed E-state index contributed by atoms with van der Waals surface area (Å²) < 4.78 is 53.6. The summed E-state index contributed by atoms with van der Waals surface area (Å²) in [6.07, 6.45) is 4.42. The molecule has 2 N–H and O–H groups in total. The Kier molecular flexibility index (Phi) is 6.02. The summed E-state index contributed by atoms with van der Waals surface area (Å²) >= 11 is 0. The molecule has 0 fully saturated rings. The lowest BCUT2D eigenvalue weighted by atomic mass is 9.88. The summed E-state index contributed by atoms with van der Waals surface area (Å²) in [5, 5.41) is 0.864. The van der Waals surface area contributed by atoms with Crippen LogP contribution in [0.15, 0.2) is 48.7 Å². The zero-order chi connectivity index (χ0) is 21.2. The molecule has 0 saturated carbocycles. The molecule has 1 atom stereocenters. The molecule has 0 saturated heterocycles. The zero-order valence-corrected chi connectivity index (χ0v) is 18.1. The van der Waals surface area contributed by atoms with Crippen LogP contribution in [0, 0.1) is 6.92 Å². The largest absolute Gasteiger partial charge is 0.359 e. The number of aromatic amines is 1. The van der Waals surface area contributed by atoms with Crippen LogP contribution in [0.1, 0.15) is 29.0 Å². The van der Waals surface area contributed by atoms with Crippen molar-refractivity contribution >= 4 is 36.7 Å². The molecule has 0 amide bonds. The van der Waals surface area contributed by atoms with Crippen molar-refractivity contribution in [3.63, 3.8) is 0 Å². The summed E-state index contributed by atoms with van der Waals surface area (Å²) in [6, 6.07) is 13.4. The summed E-state index contributed by atoms with van der Waals surface area (Å²) in [4.78, 5) is 3.16. The van der Waals surface area contributed by atoms with Gasteiger partial charge in [-0.05, 0) is 30.5 Å². The SMILES string of the molecule is Cc1ccc(C(CCOS(C)(=O)=O)c2c[nH]c3c(NS(C)(=O)=O)cccc23)cc1. The Morgan fingerprint density at radius 2 is 1.72 bits per heavy atom. The molecule has 1 heterocycles. The Hall–Kier alpha value is -2.36. The zero-order valence-electron chi connectivity index (χ0n) is 16.5. The second kappa shape index (κ2) is 8.17. The molecule has 0 bridgehead atoms. The van der Waals surface area contributed by atoms with Crippen molar-refractivity contribution in [3.05, 3.63) is 65.4 Å². The number of anilines is 1. The van der Waals surface area contributed by atoms with Crippen LogP contribution in [-0.2, 0) is 24.3 Å². The molecule has 0 spiro atoms. The van der Waals surface area contributed by atoms with Gasteiger partial charge >= 0.3 is 0 Å². The standard InChI is InChI=1S/C20H24N2O5S2/c1-14-7-9-15(10-8-14)16(11-12-27-29(3,25)26)18-13-21-20-17(18)5-4-6-19(20)22-28(2,23)24/h4-10,13,16,21-22H,11-12H2,1-3H3. The minimum absolute atomic E-state index is 0.0470. The van der Waals surface area contributed by atoms with E-state index in [1.807, 2.05) is 43.5 Å². The van der Waals surface area contributed by atoms with E-state index in [0.717, 1.165) is 34.6 Å². The molecule has 9 heteroatoms. The second-order valence-corrected chi connectivity index (χ2v) is 10.5. The molecule has 0 aliphatic heterocycles. The molecule has 0 aliphatic carbocycles. The van der Waals surface area contributed by atoms with Gasteiger partial charge < -0.3 is 4.98 Å². The van der Waals surface area contributed by atoms with E-state index in [1.54, 1.807) is 12.1 Å². The summed E-state index contributed by atoms with van der Waals surface area (Å²) in [6.45, 7) is 2.05. The molecule has 156 valence electrons. The quantitative estimate of drug-likeness (QED) is 0.527. The maximum absolute atomic E-state index is 11.7. The fraction of sp³-hybridized carbons (Fsp3) is 0.300. The van der Waals surface area contributed by atoms with Crippen molar-refractivity contribution in [2.24, 2.45) is 0 Å². The third-order valence-electron chi connectivity index (χ3n) is 4.60. The number of sulfonamides is 1. The van der Waals surface area contributed by atoms with E-state index in [-0.39, 0.29) is 12.5 Å². The lowest BCUT2D eigenvalue weighted by molar-refractivity contribution is 0.309. The number of hydrogen-bond donors (Lipinski definition) is 2. The van der Waals surface area contributed by atoms with Gasteiger partial charge in [-0.2, -0.15) is 8.42 Å². The molecular formula is C20H24N2O5S2. The Bertz CT molecular complexity index is 1210. The normalized spacial score (nSPS) is 13.5. The number of hydrogen-bond acceptors (Lipinski definition) is 5. The Morgan fingerprint density at radius 3 is 2.34 bits per heavy atom. The predicted octanol–water partition coefficient (Wildman–Crippen LogP) is 3.35. The van der Waals surface area contributed by atoms with E-state index < -0.39 is 20.1 Å². The van der Waals surface area contributed by atoms with Crippen LogP contribution in [0.5, 0.6) is 0 Å². The van der Waals surface area contributed by atoms with E-state index in [1.165, 1.54) is 0 Å². The molecule has 3 rings (SSSR count). The lowest BCUT2D eigenvalue weighted by Crippen LogP contribution is -2.10. The van der Waals surface area contributed by atoms with Gasteiger partial charge in [-0.25, -0.2) is 8.42 Å². The molecule has 29 heavy (non-hydrogen) atoms. The van der Waals surface area contributed by atoms with Gasteiger partial charge in [0, 0.05) is 17.5 Å². The minimum Gasteiger partial charge on any atom is -0.359 e. The van der Waals surface area contributed by atoms with Gasteiger partial charge in [0.1, 0.15) is 0 Å². The van der Waals surface area contributed by atoms with Crippen LogP contribution < -0.4 is 4.72 Å². The van der Waals surface area contributed by atoms with E-state index in [0.29, 0.717) is 17.6 Å². The monoisotopic (exact) mass is 436 g/mol. The van der Waals surface area contributed by atoms with Gasteiger partial charge in [0.05, 0.1) is 30.3 Å². The summed E-state index contributed by atoms with van der Waals surface area (Å²) in [5.41, 5.74) is 4.23. The Labute approximate surface area is 171 Å². The number of H-pyrrole nitrogens is 1. The first-order chi connectivity index (χ1) is 13.5. The van der Waals surface area contributed by atoms with Crippen LogP contribution in [0.4, 0.5) is 5.69 Å². The number of rotatable bonds is 8. The molecule has 0 aliphatic rings. The first kappa shape index (κ1) is 21.4. The van der Waals surface area contributed by atoms with Crippen LogP contribution in [0.25, 0.3) is 10.9 Å². The molecule has 7 nitrogen and oxygen atoms in total. The molecule has 1 unspecified atom stereocenters. The summed E-state index contributed by atoms with van der Waals surface area (Å²) in [7, 11) is -6.96. The van der Waals surface area contributed by atoms with Crippen LogP contribution >= 0.6 is 0 Å². The number of nitrogens with one attached hydrogen (secondary N) is 2. The van der Waals surface area contributed by atoms with E-state index in [9.17, 15) is 16.8 Å². The topological polar surface area (TPSA) is 105 Å². The van der Waals surface area contributed by atoms with E-state index >= 15 is 0 Å². The van der Waals surface area contributed by atoms with Gasteiger partial charge in [-0.1, -0.05) is 42.0 Å². The second-order valence-electron chi connectivity index (χ2n) is 7.12. The number of benzene rings is 2. The average Bonchev–Trinajstić information content (AvgIpc) is 3.02. The van der Waals surface area contributed by atoms with Crippen molar-refractivity contribution in [1.82, 2.24) is 4.98 Å². The first-order valence-electron chi connectivity index (χ1n) is 9.02. The minimum atomic E-state index is -3.53. The van der Waals surface area contributed by atoms with Gasteiger partial charge in [0.25, 0.3) is 10.1 Å². The van der Waals surface area contributed by atoms with Gasteiger partial charge in [0.15, 0.2) is 0 Å². The highest BCUT2D eigenvalue weighted by Crippen LogP contribution is 2.36. The molecule has 1 aromatic heterocycles. The highest BCUT2D eigenvalue weighted by Gasteiger charge is 2.20. The van der Waals surface area contributed by atoms with Gasteiger partial charge in [-0.3, -0.25) is 8.91 Å². The predicted molar refractivity (Wildman–Crippen MR) is 115 cm³/mol. The molecule has 2 aromatic carbocycles. The van der Waals surface area contributed by atoms with Crippen molar-refractivity contribution in [2.75, 3.05) is 23.8 Å². The molecular weight excluding hydrogens is 412 g/mol. The number of aromatic nitrogens is 1. The van der Waals surface area contributed by atoms with Gasteiger partial charge in [-0.15, -0.1) is 0 Å². The number of aryl methyl sites for hydroxylation is 1. The fourth-order valence-electron chi connectivity index (χ4n) is 3.37. The van der Waals surface area contributed by atoms with Crippen molar-refractivity contribution in [1.29, 1.82) is 0 Å². The van der Waals surface area contributed by atoms with Gasteiger partial charge in [0.2, 0.25) is 10.0 Å². The Morgan fingerprint density at radius 1 is 1.03 bits per heavy atom. The van der Waals surface area contributed by atoms with Crippen molar-refractivity contribution in [2.45, 2.75) is 19.3 Å². The summed E-state index contributed by atoms with van der Waals surface area (Å²) in [5.74, 6) is -0.125. The third kappa shape index (κ3) is 5.59. The van der Waals surface area contributed by atoms with Crippen molar-refractivity contribution < 1.29 is 21.0 Å². The smallest absolute Gasteiger partial charge is 0.264 e. The molecule has 0 radical (unpaired) electrons. The highest BCUT2D eigenvalue weighted by molar-refractivity contribution is 7.92. The number of fused-ring (bicyclic) bond motifs is 1. The maximum Gasteiger partial charge on any atom is 0.264 e. The number of para-hydroxylation sites is 1. The van der Waals surface area contributed by atoms with Crippen molar-refractivity contribution in [3.8, 4) is 0 Å². The maximum atomic E-state index is 11.7. The molecule has 3 aromatic rings. The average molecular weight is 437 g/mol. The van der Waals surface area contributed by atoms with E-state index in [2.05, 4.69) is 9.71 Å². The van der Waals surface area contributed by atoms with Crippen LogP contribution in [-0.4, -0.2) is 40.9 Å². The van der Waals surface area contributed by atoms with Crippen LogP contribution in [0.2, 0.25) is 0 Å². The lowest BCUT2D eigenvalue weighted by Gasteiger charge is -2.17. The Balaban J connectivity index is 2.04. The highest BCUT2D eigenvalue weighted by atomic mass is 32.2. The third-order valence-corrected chi connectivity index (χ3v) is 5.79. The first-order valence-corrected chi connectivity index (χ1v) is 12.7. The van der Waals surface area contributed by atoms with E-state index in [4.69, 9.17) is 4.18 Å². The fourth-order valence-corrected chi connectivity index (χ4v) is 4.34.